The molecule has 0 aliphatic heterocycles. The van der Waals surface area contributed by atoms with Gasteiger partial charge in [-0.15, -0.1) is 0 Å². The van der Waals surface area contributed by atoms with Crippen molar-refractivity contribution in [2.75, 3.05) is 18.2 Å². The van der Waals surface area contributed by atoms with E-state index in [0.29, 0.717) is 22.6 Å². The summed E-state index contributed by atoms with van der Waals surface area (Å²) in [5, 5.41) is 14.3. The molecule has 160 valence electrons. The van der Waals surface area contributed by atoms with Crippen molar-refractivity contribution >= 4 is 27.3 Å². The van der Waals surface area contributed by atoms with Crippen LogP contribution in [0.5, 0.6) is 5.75 Å². The van der Waals surface area contributed by atoms with E-state index < -0.39 is 9.84 Å². The van der Waals surface area contributed by atoms with E-state index in [-0.39, 0.29) is 23.2 Å². The minimum absolute atomic E-state index is 0.0649. The lowest BCUT2D eigenvalue weighted by Gasteiger charge is -2.10. The Bertz CT molecular complexity index is 1220. The normalized spacial score (nSPS) is 11.7. The van der Waals surface area contributed by atoms with Gasteiger partial charge in [-0.2, -0.15) is 0 Å². The molecule has 3 rings (SSSR count). The summed E-state index contributed by atoms with van der Waals surface area (Å²) in [4.78, 5) is 12.4. The average molecular weight is 439 g/mol. The molecule has 0 aliphatic rings. The SMILES string of the molecule is CS(=O)(=O)c1ccccc1-c1ccc(OCC(=O)Nc2cccc(/C(N)=N/O)c2)cc1. The van der Waals surface area contributed by atoms with E-state index >= 15 is 0 Å². The van der Waals surface area contributed by atoms with Crippen molar-refractivity contribution in [3.63, 3.8) is 0 Å². The predicted molar refractivity (Wildman–Crippen MR) is 118 cm³/mol. The lowest BCUT2D eigenvalue weighted by Crippen LogP contribution is -2.20. The molecule has 0 aromatic heterocycles. The first-order chi connectivity index (χ1) is 14.8. The Morgan fingerprint density at radius 1 is 1.06 bits per heavy atom. The molecule has 0 spiro atoms. The Hall–Kier alpha value is -3.85. The fraction of sp³-hybridized carbons (Fsp3) is 0.0909. The predicted octanol–water partition coefficient (Wildman–Crippen LogP) is 2.87. The highest BCUT2D eigenvalue weighted by Gasteiger charge is 2.14. The van der Waals surface area contributed by atoms with Gasteiger partial charge in [-0.05, 0) is 35.9 Å². The summed E-state index contributed by atoms with van der Waals surface area (Å²) in [5.41, 5.74) is 7.80. The quantitative estimate of drug-likeness (QED) is 0.225. The number of nitrogens with one attached hydrogen (secondary N) is 1. The Morgan fingerprint density at radius 2 is 1.77 bits per heavy atom. The van der Waals surface area contributed by atoms with Crippen LogP contribution >= 0.6 is 0 Å². The summed E-state index contributed by atoms with van der Waals surface area (Å²) < 4.78 is 29.5. The molecule has 9 heteroatoms. The Kier molecular flexibility index (Phi) is 6.56. The van der Waals surface area contributed by atoms with E-state index in [1.54, 1.807) is 72.8 Å². The minimum Gasteiger partial charge on any atom is -0.484 e. The molecule has 0 atom stereocenters. The second-order valence-corrected chi connectivity index (χ2v) is 8.68. The van der Waals surface area contributed by atoms with Crippen molar-refractivity contribution < 1.29 is 23.2 Å². The zero-order valence-electron chi connectivity index (χ0n) is 16.6. The standard InChI is InChI=1S/C22H21N3O5S/c1-31(28,29)20-8-3-2-7-19(20)15-9-11-18(12-10-15)30-14-21(26)24-17-6-4-5-16(13-17)22(23)25-27/h2-13,27H,14H2,1H3,(H2,23,25)(H,24,26). The molecule has 3 aromatic carbocycles. The van der Waals surface area contributed by atoms with Crippen LogP contribution in [0.4, 0.5) is 5.69 Å². The van der Waals surface area contributed by atoms with Crippen molar-refractivity contribution in [3.05, 3.63) is 78.4 Å². The van der Waals surface area contributed by atoms with Gasteiger partial charge in [0.15, 0.2) is 22.3 Å². The summed E-state index contributed by atoms with van der Waals surface area (Å²) in [7, 11) is -3.37. The molecule has 8 nitrogen and oxygen atoms in total. The third-order valence-corrected chi connectivity index (χ3v) is 5.53. The summed E-state index contributed by atoms with van der Waals surface area (Å²) >= 11 is 0. The van der Waals surface area contributed by atoms with Crippen LogP contribution < -0.4 is 15.8 Å². The van der Waals surface area contributed by atoms with Gasteiger partial charge in [-0.25, -0.2) is 8.42 Å². The van der Waals surface area contributed by atoms with E-state index in [0.717, 1.165) is 5.56 Å². The number of carbonyl (C=O) groups excluding carboxylic acids is 1. The van der Waals surface area contributed by atoms with Gasteiger partial charge in [-0.1, -0.05) is 47.6 Å². The van der Waals surface area contributed by atoms with Crippen LogP contribution in [0.1, 0.15) is 5.56 Å². The summed E-state index contributed by atoms with van der Waals surface area (Å²) in [5.74, 6) is 0.00851. The smallest absolute Gasteiger partial charge is 0.262 e. The number of hydrogen-bond donors (Lipinski definition) is 3. The van der Waals surface area contributed by atoms with Crippen molar-refractivity contribution in [2.24, 2.45) is 10.9 Å². The second-order valence-electron chi connectivity index (χ2n) is 6.70. The Balaban J connectivity index is 1.65. The number of benzene rings is 3. The molecule has 0 fully saturated rings. The van der Waals surface area contributed by atoms with Crippen molar-refractivity contribution in [1.82, 2.24) is 0 Å². The van der Waals surface area contributed by atoms with Gasteiger partial charge in [0.1, 0.15) is 5.75 Å². The van der Waals surface area contributed by atoms with Crippen molar-refractivity contribution in [1.29, 1.82) is 0 Å². The van der Waals surface area contributed by atoms with E-state index in [4.69, 9.17) is 15.7 Å². The van der Waals surface area contributed by atoms with Crippen molar-refractivity contribution in [2.45, 2.75) is 4.90 Å². The molecule has 0 saturated heterocycles. The number of hydrogen-bond acceptors (Lipinski definition) is 6. The number of anilines is 1. The first-order valence-electron chi connectivity index (χ1n) is 9.18. The first kappa shape index (κ1) is 21.8. The van der Waals surface area contributed by atoms with Gasteiger partial charge in [0.2, 0.25) is 0 Å². The molecule has 4 N–H and O–H groups in total. The molecule has 0 radical (unpaired) electrons. The highest BCUT2D eigenvalue weighted by Crippen LogP contribution is 2.28. The van der Waals surface area contributed by atoms with E-state index in [9.17, 15) is 13.2 Å². The van der Waals surface area contributed by atoms with Crippen LogP contribution in [0.3, 0.4) is 0 Å². The molecule has 0 heterocycles. The molecule has 3 aromatic rings. The van der Waals surface area contributed by atoms with E-state index in [2.05, 4.69) is 10.5 Å². The summed E-state index contributed by atoms with van der Waals surface area (Å²) in [6.07, 6.45) is 1.17. The molecule has 0 bridgehead atoms. The van der Waals surface area contributed by atoms with Crippen LogP contribution in [0.25, 0.3) is 11.1 Å². The number of oxime groups is 1. The number of sulfone groups is 1. The zero-order valence-corrected chi connectivity index (χ0v) is 17.5. The molecule has 0 aliphatic carbocycles. The average Bonchev–Trinajstić information content (AvgIpc) is 2.77. The Labute approximate surface area is 179 Å². The molecular formula is C22H21N3O5S. The van der Waals surface area contributed by atoms with Gasteiger partial charge < -0.3 is 21.0 Å². The fourth-order valence-corrected chi connectivity index (χ4v) is 3.83. The Morgan fingerprint density at radius 3 is 2.45 bits per heavy atom. The number of carbonyl (C=O) groups is 1. The lowest BCUT2D eigenvalue weighted by atomic mass is 10.1. The third kappa shape index (κ3) is 5.61. The topological polar surface area (TPSA) is 131 Å². The number of amides is 1. The van der Waals surface area contributed by atoms with Crippen molar-refractivity contribution in [3.8, 4) is 16.9 Å². The molecule has 31 heavy (non-hydrogen) atoms. The number of nitrogens with zero attached hydrogens (tertiary/aromatic N) is 1. The second kappa shape index (κ2) is 9.31. The molecular weight excluding hydrogens is 418 g/mol. The highest BCUT2D eigenvalue weighted by molar-refractivity contribution is 7.90. The minimum atomic E-state index is -3.37. The monoisotopic (exact) mass is 439 g/mol. The number of nitrogens with two attached hydrogens (primary N) is 1. The summed E-state index contributed by atoms with van der Waals surface area (Å²) in [6.45, 7) is -0.229. The van der Waals surface area contributed by atoms with Gasteiger partial charge >= 0.3 is 0 Å². The largest absolute Gasteiger partial charge is 0.484 e. The number of ether oxygens (including phenoxy) is 1. The maximum absolute atomic E-state index is 12.2. The number of amidine groups is 1. The van der Waals surface area contributed by atoms with E-state index in [1.807, 2.05) is 0 Å². The van der Waals surface area contributed by atoms with E-state index in [1.165, 1.54) is 6.26 Å². The van der Waals surface area contributed by atoms with Gasteiger partial charge in [0.05, 0.1) is 4.90 Å². The lowest BCUT2D eigenvalue weighted by molar-refractivity contribution is -0.118. The summed E-state index contributed by atoms with van der Waals surface area (Å²) in [6, 6.07) is 20.1. The fourth-order valence-electron chi connectivity index (χ4n) is 2.92. The maximum atomic E-state index is 12.2. The first-order valence-corrected chi connectivity index (χ1v) is 11.1. The molecule has 0 unspecified atom stereocenters. The van der Waals surface area contributed by atoms with Crippen LogP contribution in [0.15, 0.2) is 82.8 Å². The van der Waals surface area contributed by atoms with Crippen LogP contribution in [-0.2, 0) is 14.6 Å². The highest BCUT2D eigenvalue weighted by atomic mass is 32.2. The zero-order chi connectivity index (χ0) is 22.4. The maximum Gasteiger partial charge on any atom is 0.262 e. The van der Waals surface area contributed by atoms with Gasteiger partial charge in [0.25, 0.3) is 5.91 Å². The van der Waals surface area contributed by atoms with Crippen LogP contribution in [0.2, 0.25) is 0 Å². The molecule has 0 saturated carbocycles. The van der Waals surface area contributed by atoms with Gasteiger partial charge in [0, 0.05) is 23.1 Å². The van der Waals surface area contributed by atoms with Crippen LogP contribution in [0, 0.1) is 0 Å². The van der Waals surface area contributed by atoms with Gasteiger partial charge in [-0.3, -0.25) is 4.79 Å². The number of rotatable bonds is 7. The van der Waals surface area contributed by atoms with Crippen LogP contribution in [-0.4, -0.2) is 38.2 Å². The molecule has 1 amide bonds. The third-order valence-electron chi connectivity index (χ3n) is 4.37.